The van der Waals surface area contributed by atoms with Gasteiger partial charge in [-0.1, -0.05) is 51.5 Å². The molecule has 2 aromatic rings. The van der Waals surface area contributed by atoms with Crippen molar-refractivity contribution in [2.45, 2.75) is 46.1 Å². The molecule has 2 aromatic carbocycles. The summed E-state index contributed by atoms with van der Waals surface area (Å²) in [6.45, 7) is 6.67. The average molecular weight is 402 g/mol. The van der Waals surface area contributed by atoms with Gasteiger partial charge in [-0.05, 0) is 54.9 Å². The van der Waals surface area contributed by atoms with Crippen LogP contribution in [0.15, 0.2) is 54.6 Å². The second-order valence-electron chi connectivity index (χ2n) is 8.07. The van der Waals surface area contributed by atoms with Gasteiger partial charge in [0.2, 0.25) is 0 Å². The van der Waals surface area contributed by atoms with E-state index in [-0.39, 0.29) is 6.10 Å². The Balaban J connectivity index is 1.93. The molecule has 0 spiro atoms. The minimum atomic E-state index is -3.55. The van der Waals surface area contributed by atoms with Gasteiger partial charge >= 0.3 is 7.60 Å². The summed E-state index contributed by atoms with van der Waals surface area (Å²) in [6.07, 6.45) is 3.11. The topological polar surface area (TPSA) is 44.8 Å². The summed E-state index contributed by atoms with van der Waals surface area (Å²) in [5, 5.41) is 0.582. The number of methoxy groups -OCH3 is 1. The first-order valence-electron chi connectivity index (χ1n) is 10.1. The van der Waals surface area contributed by atoms with Crippen molar-refractivity contribution in [1.29, 1.82) is 0 Å². The quantitative estimate of drug-likeness (QED) is 0.527. The molecule has 0 heterocycles. The molecule has 1 saturated carbocycles. The van der Waals surface area contributed by atoms with Gasteiger partial charge in [0.1, 0.15) is 11.5 Å². The summed E-state index contributed by atoms with van der Waals surface area (Å²) in [5.74, 6) is 2.54. The molecular formula is C23H31O4P. The molecular weight excluding hydrogens is 371 g/mol. The highest BCUT2D eigenvalue weighted by molar-refractivity contribution is 7.62. The summed E-state index contributed by atoms with van der Waals surface area (Å²) in [5.41, 5.74) is 0. The number of hydrogen-bond donors (Lipinski definition) is 0. The average Bonchev–Trinajstić information content (AvgIpc) is 2.68. The van der Waals surface area contributed by atoms with Crippen molar-refractivity contribution < 1.29 is 18.3 Å². The highest BCUT2D eigenvalue weighted by Gasteiger charge is 2.39. The molecule has 28 heavy (non-hydrogen) atoms. The lowest BCUT2D eigenvalue weighted by Crippen LogP contribution is -2.35. The van der Waals surface area contributed by atoms with E-state index in [1.54, 1.807) is 19.2 Å². The Kier molecular flexibility index (Phi) is 6.85. The minimum absolute atomic E-state index is 0.0830. The first-order chi connectivity index (χ1) is 13.4. The van der Waals surface area contributed by atoms with E-state index in [0.29, 0.717) is 34.6 Å². The zero-order valence-corrected chi connectivity index (χ0v) is 18.1. The van der Waals surface area contributed by atoms with Crippen LogP contribution in [0.4, 0.5) is 0 Å². The van der Waals surface area contributed by atoms with Gasteiger partial charge in [0.25, 0.3) is 0 Å². The van der Waals surface area contributed by atoms with Gasteiger partial charge in [0.15, 0.2) is 0 Å². The van der Waals surface area contributed by atoms with Crippen LogP contribution < -0.4 is 14.6 Å². The van der Waals surface area contributed by atoms with Crippen molar-refractivity contribution in [2.75, 3.05) is 7.11 Å². The van der Waals surface area contributed by atoms with E-state index in [4.69, 9.17) is 13.8 Å². The number of rotatable bonds is 7. The van der Waals surface area contributed by atoms with E-state index in [0.717, 1.165) is 12.8 Å². The van der Waals surface area contributed by atoms with Crippen molar-refractivity contribution in [3.8, 4) is 11.5 Å². The van der Waals surface area contributed by atoms with Crippen molar-refractivity contribution >= 4 is 12.9 Å². The van der Waals surface area contributed by atoms with Crippen LogP contribution >= 0.6 is 7.60 Å². The highest BCUT2D eigenvalue weighted by Crippen LogP contribution is 2.52. The summed E-state index contributed by atoms with van der Waals surface area (Å²) < 4.78 is 31.7. The van der Waals surface area contributed by atoms with E-state index < -0.39 is 7.60 Å². The molecule has 0 N–H and O–H groups in total. The second kappa shape index (κ2) is 9.15. The first-order valence-corrected chi connectivity index (χ1v) is 11.6. The largest absolute Gasteiger partial charge is 0.497 e. The van der Waals surface area contributed by atoms with Crippen LogP contribution in [0.3, 0.4) is 0 Å². The molecule has 3 rings (SSSR count). The summed E-state index contributed by atoms with van der Waals surface area (Å²) in [4.78, 5) is 0. The third-order valence-corrected chi connectivity index (χ3v) is 7.50. The zero-order valence-electron chi connectivity index (χ0n) is 17.2. The van der Waals surface area contributed by atoms with Crippen LogP contribution in [0.2, 0.25) is 0 Å². The second-order valence-corrected chi connectivity index (χ2v) is 9.98. The Hall–Kier alpha value is -1.77. The van der Waals surface area contributed by atoms with E-state index in [1.807, 2.05) is 42.5 Å². The van der Waals surface area contributed by atoms with Gasteiger partial charge < -0.3 is 9.26 Å². The van der Waals surface area contributed by atoms with E-state index in [2.05, 4.69) is 20.8 Å². The van der Waals surface area contributed by atoms with Gasteiger partial charge in [0.05, 0.1) is 18.5 Å². The standard InChI is InChI=1S/C23H31O4P/c1-17(2)22-14-13-18(3)15-23(22)27-28(24,21-11-6-5-7-12-21)26-20-10-8-9-19(16-20)25-4/h5-12,16-18,22-23H,13-15H2,1-4H3/t18-,22+,23-,28+/m1/s1. The Bertz CT molecular complexity index is 805. The fraction of sp³-hybridized carbons (Fsp3) is 0.478. The maximum absolute atomic E-state index is 14.0. The fourth-order valence-corrected chi connectivity index (χ4v) is 5.75. The number of ether oxygens (including phenoxy) is 1. The molecule has 0 amide bonds. The van der Waals surface area contributed by atoms with Crippen LogP contribution in [0, 0.1) is 17.8 Å². The third-order valence-electron chi connectivity index (χ3n) is 5.57. The molecule has 0 aromatic heterocycles. The van der Waals surface area contributed by atoms with Crippen LogP contribution in [0.5, 0.6) is 11.5 Å². The van der Waals surface area contributed by atoms with Gasteiger partial charge in [-0.3, -0.25) is 4.52 Å². The molecule has 0 aliphatic heterocycles. The van der Waals surface area contributed by atoms with Crippen molar-refractivity contribution in [1.82, 2.24) is 0 Å². The van der Waals surface area contributed by atoms with Crippen molar-refractivity contribution in [3.63, 3.8) is 0 Å². The Morgan fingerprint density at radius 1 is 1.00 bits per heavy atom. The monoisotopic (exact) mass is 402 g/mol. The molecule has 1 fully saturated rings. The van der Waals surface area contributed by atoms with Crippen molar-refractivity contribution in [2.24, 2.45) is 17.8 Å². The maximum Gasteiger partial charge on any atom is 0.411 e. The highest BCUT2D eigenvalue weighted by atomic mass is 31.2. The third kappa shape index (κ3) is 4.98. The molecule has 4 atom stereocenters. The lowest BCUT2D eigenvalue weighted by Gasteiger charge is -2.38. The number of hydrogen-bond acceptors (Lipinski definition) is 4. The van der Waals surface area contributed by atoms with Gasteiger partial charge in [-0.2, -0.15) is 0 Å². The summed E-state index contributed by atoms with van der Waals surface area (Å²) in [7, 11) is -1.95. The summed E-state index contributed by atoms with van der Waals surface area (Å²) >= 11 is 0. The smallest absolute Gasteiger partial charge is 0.411 e. The van der Waals surface area contributed by atoms with Crippen LogP contribution in [0.25, 0.3) is 0 Å². The lowest BCUT2D eigenvalue weighted by atomic mass is 9.75. The van der Waals surface area contributed by atoms with Crippen molar-refractivity contribution in [3.05, 3.63) is 54.6 Å². The van der Waals surface area contributed by atoms with E-state index in [9.17, 15) is 4.57 Å². The first kappa shape index (κ1) is 21.0. The lowest BCUT2D eigenvalue weighted by molar-refractivity contribution is 0.0414. The molecule has 4 nitrogen and oxygen atoms in total. The predicted molar refractivity (Wildman–Crippen MR) is 114 cm³/mol. The molecule has 1 aliphatic carbocycles. The molecule has 0 unspecified atom stereocenters. The normalized spacial score (nSPS) is 24.5. The van der Waals surface area contributed by atoms with Gasteiger partial charge in [-0.15, -0.1) is 0 Å². The Morgan fingerprint density at radius 3 is 2.39 bits per heavy atom. The Labute approximate surface area is 168 Å². The molecule has 0 saturated heterocycles. The molecule has 152 valence electrons. The van der Waals surface area contributed by atoms with Crippen LogP contribution in [-0.4, -0.2) is 13.2 Å². The SMILES string of the molecule is COc1cccc(O[P@](=O)(O[C@@H]2C[C@H](C)CC[C@H]2C(C)C)c2ccccc2)c1. The minimum Gasteiger partial charge on any atom is -0.497 e. The predicted octanol–water partition coefficient (Wildman–Crippen LogP) is 6.07. The summed E-state index contributed by atoms with van der Waals surface area (Å²) in [6, 6.07) is 16.4. The fourth-order valence-electron chi connectivity index (χ4n) is 3.96. The molecule has 0 bridgehead atoms. The molecule has 1 aliphatic rings. The number of benzene rings is 2. The molecule has 5 heteroatoms. The van der Waals surface area contributed by atoms with E-state index >= 15 is 0 Å². The van der Waals surface area contributed by atoms with Gasteiger partial charge in [0, 0.05) is 6.07 Å². The maximum atomic E-state index is 14.0. The molecule has 0 radical (unpaired) electrons. The Morgan fingerprint density at radius 2 is 1.71 bits per heavy atom. The van der Waals surface area contributed by atoms with Gasteiger partial charge in [-0.25, -0.2) is 4.57 Å². The van der Waals surface area contributed by atoms with Crippen LogP contribution in [0.1, 0.15) is 40.0 Å². The van der Waals surface area contributed by atoms with Crippen LogP contribution in [-0.2, 0) is 9.09 Å². The zero-order chi connectivity index (χ0) is 20.1. The van der Waals surface area contributed by atoms with E-state index in [1.165, 1.54) is 6.42 Å².